The number of halogens is 1. The molecule has 19 heavy (non-hydrogen) atoms. The average molecular weight is 363 g/mol. The molecule has 0 aliphatic rings. The minimum Gasteiger partial charge on any atom is -0.455 e. The third kappa shape index (κ3) is 3.12. The monoisotopic (exact) mass is 363 g/mol. The highest BCUT2D eigenvalue weighted by Gasteiger charge is 2.11. The molecule has 0 spiro atoms. The van der Waals surface area contributed by atoms with Crippen molar-refractivity contribution in [1.82, 2.24) is 0 Å². The molecule has 0 aliphatic carbocycles. The number of carbonyl (C=O) groups excluding carboxylic acids is 1. The van der Waals surface area contributed by atoms with Gasteiger partial charge in [-0.2, -0.15) is 5.26 Å². The highest BCUT2D eigenvalue weighted by Crippen LogP contribution is 2.30. The lowest BCUT2D eigenvalue weighted by Gasteiger charge is -2.11. The van der Waals surface area contributed by atoms with Crippen molar-refractivity contribution < 1.29 is 9.53 Å². The molecule has 2 rings (SSSR count). The Kier molecular flexibility index (Phi) is 4.17. The van der Waals surface area contributed by atoms with Gasteiger partial charge in [-0.15, -0.1) is 0 Å². The topological polar surface area (TPSA) is 50.1 Å². The van der Waals surface area contributed by atoms with Crippen LogP contribution in [-0.4, -0.2) is 5.78 Å². The lowest BCUT2D eigenvalue weighted by Crippen LogP contribution is -1.98. The fraction of sp³-hybridized carbons (Fsp3) is 0.0667. The molecule has 0 fully saturated rings. The standard InChI is InChI=1S/C15H10INO2/c1-10(18)12-7-6-11(9-17)8-15(12)19-14-5-3-2-4-13(14)16/h2-8H,1H3. The smallest absolute Gasteiger partial charge is 0.163 e. The molecule has 0 bridgehead atoms. The van der Waals surface area contributed by atoms with Crippen LogP contribution in [-0.2, 0) is 0 Å². The number of hydrogen-bond acceptors (Lipinski definition) is 3. The zero-order valence-electron chi connectivity index (χ0n) is 10.2. The van der Waals surface area contributed by atoms with Gasteiger partial charge in [-0.25, -0.2) is 0 Å². The lowest BCUT2D eigenvalue weighted by molar-refractivity contribution is 0.101. The number of ether oxygens (including phenoxy) is 1. The predicted molar refractivity (Wildman–Crippen MR) is 80.4 cm³/mol. The van der Waals surface area contributed by atoms with Gasteiger partial charge in [0.15, 0.2) is 5.78 Å². The molecule has 0 saturated carbocycles. The van der Waals surface area contributed by atoms with E-state index in [4.69, 9.17) is 10.00 Å². The van der Waals surface area contributed by atoms with Gasteiger partial charge in [0, 0.05) is 0 Å². The number of nitrogens with zero attached hydrogens (tertiary/aromatic N) is 1. The van der Waals surface area contributed by atoms with Gasteiger partial charge in [0.25, 0.3) is 0 Å². The van der Waals surface area contributed by atoms with Crippen molar-refractivity contribution in [1.29, 1.82) is 5.26 Å². The first kappa shape index (κ1) is 13.6. The molecule has 0 N–H and O–H groups in total. The molecule has 0 aromatic heterocycles. The van der Waals surface area contributed by atoms with E-state index < -0.39 is 0 Å². The van der Waals surface area contributed by atoms with Crippen LogP contribution in [0.15, 0.2) is 42.5 Å². The fourth-order valence-corrected chi connectivity index (χ4v) is 2.11. The van der Waals surface area contributed by atoms with Crippen LogP contribution in [0.4, 0.5) is 0 Å². The fourth-order valence-electron chi connectivity index (χ4n) is 1.61. The quantitative estimate of drug-likeness (QED) is 0.608. The number of carbonyl (C=O) groups is 1. The summed E-state index contributed by atoms with van der Waals surface area (Å²) >= 11 is 2.16. The molecule has 0 saturated heterocycles. The third-order valence-corrected chi connectivity index (χ3v) is 3.44. The molecular formula is C15H10INO2. The number of ketones is 1. The normalized spacial score (nSPS) is 9.74. The minimum atomic E-state index is -0.0922. The van der Waals surface area contributed by atoms with Crippen molar-refractivity contribution in [3.05, 3.63) is 57.2 Å². The summed E-state index contributed by atoms with van der Waals surface area (Å²) in [4.78, 5) is 11.6. The Balaban J connectivity index is 2.46. The summed E-state index contributed by atoms with van der Waals surface area (Å²) in [5, 5.41) is 8.92. The van der Waals surface area contributed by atoms with E-state index in [0.29, 0.717) is 22.6 Å². The van der Waals surface area contributed by atoms with Gasteiger partial charge >= 0.3 is 0 Å². The second-order valence-corrected chi connectivity index (χ2v) is 5.07. The van der Waals surface area contributed by atoms with E-state index >= 15 is 0 Å². The summed E-state index contributed by atoms with van der Waals surface area (Å²) < 4.78 is 6.71. The number of para-hydroxylation sites is 1. The first-order valence-electron chi connectivity index (χ1n) is 5.59. The first-order valence-corrected chi connectivity index (χ1v) is 6.67. The van der Waals surface area contributed by atoms with Crippen LogP contribution in [0.25, 0.3) is 0 Å². The molecule has 3 nitrogen and oxygen atoms in total. The van der Waals surface area contributed by atoms with Gasteiger partial charge in [0.05, 0.1) is 20.8 Å². The molecule has 4 heteroatoms. The molecule has 0 radical (unpaired) electrons. The van der Waals surface area contributed by atoms with Crippen molar-refractivity contribution in [3.63, 3.8) is 0 Å². The van der Waals surface area contributed by atoms with E-state index in [-0.39, 0.29) is 5.78 Å². The van der Waals surface area contributed by atoms with E-state index in [1.165, 1.54) is 6.92 Å². The maximum Gasteiger partial charge on any atom is 0.163 e. The molecule has 2 aromatic carbocycles. The summed E-state index contributed by atoms with van der Waals surface area (Å²) in [5.41, 5.74) is 0.935. The highest BCUT2D eigenvalue weighted by atomic mass is 127. The third-order valence-electron chi connectivity index (χ3n) is 2.55. The summed E-state index contributed by atoms with van der Waals surface area (Å²) in [6.07, 6.45) is 0. The Bertz CT molecular complexity index is 674. The molecule has 94 valence electrons. The Morgan fingerprint density at radius 2 is 1.95 bits per heavy atom. The average Bonchev–Trinajstić information content (AvgIpc) is 2.41. The van der Waals surface area contributed by atoms with E-state index in [2.05, 4.69) is 22.6 Å². The van der Waals surface area contributed by atoms with Crippen molar-refractivity contribution in [2.75, 3.05) is 0 Å². The maximum atomic E-state index is 11.6. The molecule has 0 aliphatic heterocycles. The van der Waals surface area contributed by atoms with Crippen LogP contribution in [0.2, 0.25) is 0 Å². The zero-order chi connectivity index (χ0) is 13.8. The molecule has 0 amide bonds. The summed E-state index contributed by atoms with van der Waals surface area (Å²) in [6, 6.07) is 14.4. The van der Waals surface area contributed by atoms with Gasteiger partial charge < -0.3 is 4.74 Å². The van der Waals surface area contributed by atoms with Gasteiger partial charge in [-0.05, 0) is 59.8 Å². The highest BCUT2D eigenvalue weighted by molar-refractivity contribution is 14.1. The summed E-state index contributed by atoms with van der Waals surface area (Å²) in [6.45, 7) is 1.48. The number of nitriles is 1. The second kappa shape index (κ2) is 5.85. The lowest BCUT2D eigenvalue weighted by atomic mass is 10.1. The number of benzene rings is 2. The van der Waals surface area contributed by atoms with E-state index in [1.54, 1.807) is 18.2 Å². The van der Waals surface area contributed by atoms with Crippen LogP contribution in [0, 0.1) is 14.9 Å². The van der Waals surface area contributed by atoms with E-state index in [9.17, 15) is 4.79 Å². The molecular weight excluding hydrogens is 353 g/mol. The van der Waals surface area contributed by atoms with Crippen LogP contribution in [0.5, 0.6) is 11.5 Å². The van der Waals surface area contributed by atoms with Crippen molar-refractivity contribution in [2.24, 2.45) is 0 Å². The molecule has 0 atom stereocenters. The Morgan fingerprint density at radius 1 is 1.21 bits per heavy atom. The minimum absolute atomic E-state index is 0.0922. The van der Waals surface area contributed by atoms with Gasteiger partial charge in [0.1, 0.15) is 11.5 Å². The van der Waals surface area contributed by atoms with Crippen LogP contribution in [0.1, 0.15) is 22.8 Å². The van der Waals surface area contributed by atoms with Crippen molar-refractivity contribution >= 4 is 28.4 Å². The predicted octanol–water partition coefficient (Wildman–Crippen LogP) is 4.16. The number of rotatable bonds is 3. The molecule has 0 unspecified atom stereocenters. The van der Waals surface area contributed by atoms with Crippen LogP contribution >= 0.6 is 22.6 Å². The Morgan fingerprint density at radius 3 is 2.58 bits per heavy atom. The first-order chi connectivity index (χ1) is 9.11. The zero-order valence-corrected chi connectivity index (χ0v) is 12.3. The van der Waals surface area contributed by atoms with Crippen molar-refractivity contribution in [3.8, 4) is 17.6 Å². The van der Waals surface area contributed by atoms with Crippen molar-refractivity contribution in [2.45, 2.75) is 6.92 Å². The SMILES string of the molecule is CC(=O)c1ccc(C#N)cc1Oc1ccccc1I. The van der Waals surface area contributed by atoms with Crippen LogP contribution < -0.4 is 4.74 Å². The summed E-state index contributed by atoms with van der Waals surface area (Å²) in [7, 11) is 0. The van der Waals surface area contributed by atoms with E-state index in [1.807, 2.05) is 30.3 Å². The summed E-state index contributed by atoms with van der Waals surface area (Å²) in [5.74, 6) is 0.988. The van der Waals surface area contributed by atoms with Gasteiger partial charge in [-0.3, -0.25) is 4.79 Å². The molecule has 2 aromatic rings. The largest absolute Gasteiger partial charge is 0.455 e. The Labute approximate surface area is 125 Å². The maximum absolute atomic E-state index is 11.6. The van der Waals surface area contributed by atoms with Gasteiger partial charge in [0.2, 0.25) is 0 Å². The van der Waals surface area contributed by atoms with E-state index in [0.717, 1.165) is 3.57 Å². The number of Topliss-reactive ketones (excluding diaryl/α,β-unsaturated/α-hetero) is 1. The van der Waals surface area contributed by atoms with Crippen LogP contribution in [0.3, 0.4) is 0 Å². The second-order valence-electron chi connectivity index (χ2n) is 3.91. The Hall–Kier alpha value is -1.87. The number of hydrogen-bond donors (Lipinski definition) is 0. The van der Waals surface area contributed by atoms with Gasteiger partial charge in [-0.1, -0.05) is 12.1 Å². The molecule has 0 heterocycles.